The number of aromatic nitrogens is 2. The van der Waals surface area contributed by atoms with Crippen LogP contribution in [0.15, 0.2) is 36.5 Å². The second kappa shape index (κ2) is 7.27. The molecule has 0 aliphatic carbocycles. The summed E-state index contributed by atoms with van der Waals surface area (Å²) in [5.74, 6) is -0.224. The third kappa shape index (κ3) is 3.30. The number of hydrogen-bond donors (Lipinski definition) is 1. The number of methoxy groups -OCH3 is 1. The Morgan fingerprint density at radius 3 is 2.88 bits per heavy atom. The number of rotatable bonds is 6. The van der Waals surface area contributed by atoms with Crippen molar-refractivity contribution in [1.29, 1.82) is 0 Å². The summed E-state index contributed by atoms with van der Waals surface area (Å²) in [4.78, 5) is 26.5. The summed E-state index contributed by atoms with van der Waals surface area (Å²) in [5.41, 5.74) is 2.19. The van der Waals surface area contributed by atoms with E-state index in [0.717, 1.165) is 5.56 Å². The molecule has 24 heavy (non-hydrogen) atoms. The molecule has 1 N–H and O–H groups in total. The quantitative estimate of drug-likeness (QED) is 0.811. The van der Waals surface area contributed by atoms with Crippen molar-refractivity contribution >= 4 is 11.9 Å². The van der Waals surface area contributed by atoms with Crippen LogP contribution in [0, 0.1) is 0 Å². The zero-order valence-corrected chi connectivity index (χ0v) is 13.6. The Hall–Kier alpha value is -2.67. The van der Waals surface area contributed by atoms with E-state index in [1.54, 1.807) is 12.0 Å². The Bertz CT molecular complexity index is 727. The molecule has 2 amide bonds. The van der Waals surface area contributed by atoms with Crippen molar-refractivity contribution in [3.63, 3.8) is 0 Å². The zero-order chi connectivity index (χ0) is 16.9. The maximum absolute atomic E-state index is 12.6. The number of amides is 2. The molecule has 0 radical (unpaired) electrons. The van der Waals surface area contributed by atoms with Gasteiger partial charge in [0.25, 0.3) is 5.91 Å². The maximum atomic E-state index is 12.6. The lowest BCUT2D eigenvalue weighted by molar-refractivity contribution is 0.0935. The third-order valence-corrected chi connectivity index (χ3v) is 3.99. The Balaban J connectivity index is 1.72. The Kier molecular flexibility index (Phi) is 4.90. The fraction of sp³-hybridized carbons (Fsp3) is 0.353. The number of fused-ring (bicyclic) bond motifs is 1. The van der Waals surface area contributed by atoms with Gasteiger partial charge >= 0.3 is 6.03 Å². The summed E-state index contributed by atoms with van der Waals surface area (Å²) < 4.78 is 6.24. The van der Waals surface area contributed by atoms with Gasteiger partial charge in [0.2, 0.25) is 0 Å². The molecule has 3 rings (SSSR count). The molecular formula is C17H20N4O3. The van der Waals surface area contributed by atoms with E-state index in [1.807, 2.05) is 30.3 Å². The number of hydrogen-bond acceptors (Lipinski definition) is 4. The average Bonchev–Trinajstić information content (AvgIpc) is 3.03. The average molecular weight is 328 g/mol. The molecular weight excluding hydrogens is 308 g/mol. The van der Waals surface area contributed by atoms with Gasteiger partial charge in [0.05, 0.1) is 24.1 Å². The molecule has 7 heteroatoms. The largest absolute Gasteiger partial charge is 0.383 e. The minimum absolute atomic E-state index is 0.198. The molecule has 1 aliphatic heterocycles. The molecule has 0 atom stereocenters. The summed E-state index contributed by atoms with van der Waals surface area (Å²) in [7, 11) is 1.58. The van der Waals surface area contributed by atoms with Gasteiger partial charge in [0.1, 0.15) is 0 Å². The second-order valence-corrected chi connectivity index (χ2v) is 5.61. The Morgan fingerprint density at radius 2 is 2.12 bits per heavy atom. The normalized spacial score (nSPS) is 13.7. The second-order valence-electron chi connectivity index (χ2n) is 5.61. The van der Waals surface area contributed by atoms with Crippen LogP contribution in [0.2, 0.25) is 0 Å². The lowest BCUT2D eigenvalue weighted by atomic mass is 10.1. The summed E-state index contributed by atoms with van der Waals surface area (Å²) in [6, 6.07) is 9.62. The minimum Gasteiger partial charge on any atom is -0.383 e. The predicted octanol–water partition coefficient (Wildman–Crippen LogP) is 1.29. The molecule has 0 spiro atoms. The number of nitrogens with zero attached hydrogens (tertiary/aromatic N) is 3. The monoisotopic (exact) mass is 328 g/mol. The molecule has 1 aromatic carbocycles. The van der Waals surface area contributed by atoms with Crippen LogP contribution in [-0.2, 0) is 17.7 Å². The van der Waals surface area contributed by atoms with Crippen LogP contribution in [0.5, 0.6) is 0 Å². The first-order chi connectivity index (χ1) is 11.7. The van der Waals surface area contributed by atoms with Crippen LogP contribution in [0.1, 0.15) is 21.6 Å². The summed E-state index contributed by atoms with van der Waals surface area (Å²) >= 11 is 0. The number of benzene rings is 1. The highest BCUT2D eigenvalue weighted by molar-refractivity contribution is 5.96. The zero-order valence-electron chi connectivity index (χ0n) is 13.6. The first-order valence-corrected chi connectivity index (χ1v) is 7.88. The van der Waals surface area contributed by atoms with Gasteiger partial charge in [-0.05, 0) is 5.56 Å². The lowest BCUT2D eigenvalue weighted by Crippen LogP contribution is -2.42. The Labute approximate surface area is 140 Å². The van der Waals surface area contributed by atoms with Crippen molar-refractivity contribution in [3.8, 4) is 0 Å². The predicted molar refractivity (Wildman–Crippen MR) is 87.8 cm³/mol. The van der Waals surface area contributed by atoms with E-state index in [1.165, 1.54) is 10.9 Å². The Morgan fingerprint density at radius 1 is 1.33 bits per heavy atom. The highest BCUT2D eigenvalue weighted by atomic mass is 16.5. The van der Waals surface area contributed by atoms with E-state index >= 15 is 0 Å². The van der Waals surface area contributed by atoms with Crippen LogP contribution in [-0.4, -0.2) is 53.4 Å². The van der Waals surface area contributed by atoms with E-state index in [9.17, 15) is 9.59 Å². The highest BCUT2D eigenvalue weighted by Gasteiger charge is 2.29. The highest BCUT2D eigenvalue weighted by Crippen LogP contribution is 2.18. The molecule has 0 unspecified atom stereocenters. The molecule has 0 bridgehead atoms. The number of ether oxygens (including phenoxy) is 1. The first-order valence-electron chi connectivity index (χ1n) is 7.88. The van der Waals surface area contributed by atoms with Crippen molar-refractivity contribution < 1.29 is 14.3 Å². The van der Waals surface area contributed by atoms with Gasteiger partial charge < -0.3 is 15.0 Å². The van der Waals surface area contributed by atoms with Crippen molar-refractivity contribution in [2.24, 2.45) is 0 Å². The molecule has 0 saturated heterocycles. The summed E-state index contributed by atoms with van der Waals surface area (Å²) in [6.45, 7) is 1.97. The molecule has 1 aliphatic rings. The fourth-order valence-electron chi connectivity index (χ4n) is 2.75. The molecule has 1 aromatic heterocycles. The fourth-order valence-corrected chi connectivity index (χ4v) is 2.75. The van der Waals surface area contributed by atoms with E-state index in [-0.39, 0.29) is 11.9 Å². The molecule has 2 heterocycles. The SMILES string of the molecule is COCCNC(=O)c1cnn2c1CCN(Cc1ccccc1)C2=O. The van der Waals surface area contributed by atoms with Crippen LogP contribution in [0.25, 0.3) is 0 Å². The van der Waals surface area contributed by atoms with Crippen LogP contribution >= 0.6 is 0 Å². The number of carbonyl (C=O) groups excluding carboxylic acids is 2. The van der Waals surface area contributed by atoms with Gasteiger partial charge in [-0.3, -0.25) is 4.79 Å². The van der Waals surface area contributed by atoms with Crippen molar-refractivity contribution in [1.82, 2.24) is 20.0 Å². The van der Waals surface area contributed by atoms with Gasteiger partial charge in [-0.25, -0.2) is 4.79 Å². The van der Waals surface area contributed by atoms with Crippen molar-refractivity contribution in [2.75, 3.05) is 26.8 Å². The van der Waals surface area contributed by atoms with Crippen molar-refractivity contribution in [3.05, 3.63) is 53.3 Å². The van der Waals surface area contributed by atoms with Gasteiger partial charge in [-0.15, -0.1) is 0 Å². The van der Waals surface area contributed by atoms with Crippen LogP contribution < -0.4 is 5.32 Å². The van der Waals surface area contributed by atoms with Crippen LogP contribution in [0.4, 0.5) is 4.79 Å². The molecule has 126 valence electrons. The molecule has 2 aromatic rings. The molecule has 0 saturated carbocycles. The van der Waals surface area contributed by atoms with Gasteiger partial charge in [-0.1, -0.05) is 30.3 Å². The van der Waals surface area contributed by atoms with E-state index in [2.05, 4.69) is 10.4 Å². The van der Waals surface area contributed by atoms with E-state index in [4.69, 9.17) is 4.74 Å². The molecule has 0 fully saturated rings. The van der Waals surface area contributed by atoms with Gasteiger partial charge in [0, 0.05) is 33.2 Å². The van der Waals surface area contributed by atoms with Gasteiger partial charge in [0.15, 0.2) is 0 Å². The minimum atomic E-state index is -0.224. The van der Waals surface area contributed by atoms with Gasteiger partial charge in [-0.2, -0.15) is 9.78 Å². The van der Waals surface area contributed by atoms with Crippen molar-refractivity contribution in [2.45, 2.75) is 13.0 Å². The maximum Gasteiger partial charge on any atom is 0.345 e. The molecule has 7 nitrogen and oxygen atoms in total. The summed E-state index contributed by atoms with van der Waals surface area (Å²) in [6.07, 6.45) is 2.06. The van der Waals surface area contributed by atoms with Crippen LogP contribution in [0.3, 0.4) is 0 Å². The van der Waals surface area contributed by atoms with E-state index < -0.39 is 0 Å². The third-order valence-electron chi connectivity index (χ3n) is 3.99. The topological polar surface area (TPSA) is 76.5 Å². The number of carbonyl (C=O) groups is 2. The number of nitrogens with one attached hydrogen (secondary N) is 1. The lowest BCUT2D eigenvalue weighted by Gasteiger charge is -2.27. The standard InChI is InChI=1S/C17H20N4O3/c1-24-10-8-18-16(22)14-11-19-21-15(14)7-9-20(17(21)23)12-13-5-3-2-4-6-13/h2-6,11H,7-10,12H2,1H3,(H,18,22). The first kappa shape index (κ1) is 16.2. The summed E-state index contributed by atoms with van der Waals surface area (Å²) in [5, 5.41) is 6.87. The smallest absolute Gasteiger partial charge is 0.345 e. The van der Waals surface area contributed by atoms with E-state index in [0.29, 0.717) is 43.9 Å².